The van der Waals surface area contributed by atoms with Gasteiger partial charge < -0.3 is 4.74 Å². The molecule has 0 heterocycles. The van der Waals surface area contributed by atoms with Gasteiger partial charge in [-0.25, -0.2) is 0 Å². The Labute approximate surface area is 133 Å². The van der Waals surface area contributed by atoms with E-state index in [0.717, 1.165) is 30.5 Å². The number of hydrogen-bond acceptors (Lipinski definition) is 1. The summed E-state index contributed by atoms with van der Waals surface area (Å²) < 4.78 is 5.88. The van der Waals surface area contributed by atoms with Crippen LogP contribution in [0.5, 0.6) is 5.75 Å². The van der Waals surface area contributed by atoms with Gasteiger partial charge in [-0.1, -0.05) is 73.2 Å². The van der Waals surface area contributed by atoms with Crippen molar-refractivity contribution >= 4 is 15.9 Å². The van der Waals surface area contributed by atoms with Crippen LogP contribution in [0.25, 0.3) is 0 Å². The zero-order valence-electron chi connectivity index (χ0n) is 12.9. The van der Waals surface area contributed by atoms with Crippen molar-refractivity contribution in [1.82, 2.24) is 0 Å². The Morgan fingerprint density at radius 2 is 1.60 bits per heavy atom. The lowest BCUT2D eigenvalue weighted by atomic mass is 10.0. The number of ether oxygens (including phenoxy) is 1. The molecule has 20 heavy (non-hydrogen) atoms. The van der Waals surface area contributed by atoms with Gasteiger partial charge in [0.05, 0.1) is 6.61 Å². The van der Waals surface area contributed by atoms with E-state index in [9.17, 15) is 0 Å². The number of para-hydroxylation sites is 1. The lowest BCUT2D eigenvalue weighted by molar-refractivity contribution is 0.306. The van der Waals surface area contributed by atoms with E-state index in [1.807, 2.05) is 0 Å². The highest BCUT2D eigenvalue weighted by molar-refractivity contribution is 9.09. The monoisotopic (exact) mass is 340 g/mol. The molecule has 0 amide bonds. The van der Waals surface area contributed by atoms with Crippen LogP contribution in [0.15, 0.2) is 24.3 Å². The maximum absolute atomic E-state index is 5.88. The molecule has 0 unspecified atom stereocenters. The highest BCUT2D eigenvalue weighted by Crippen LogP contribution is 2.21. The van der Waals surface area contributed by atoms with E-state index in [1.165, 1.54) is 50.5 Å². The molecule has 1 aromatic carbocycles. The highest BCUT2D eigenvalue weighted by atomic mass is 79.9. The lowest BCUT2D eigenvalue weighted by Crippen LogP contribution is -2.00. The van der Waals surface area contributed by atoms with Gasteiger partial charge in [-0.3, -0.25) is 0 Å². The Hall–Kier alpha value is -0.500. The Morgan fingerprint density at radius 1 is 0.900 bits per heavy atom. The van der Waals surface area contributed by atoms with E-state index in [4.69, 9.17) is 4.74 Å². The Bertz CT molecular complexity index is 338. The van der Waals surface area contributed by atoms with E-state index in [-0.39, 0.29) is 0 Å². The molecule has 0 saturated heterocycles. The molecular weight excluding hydrogens is 312 g/mol. The fraction of sp³-hybridized carbons (Fsp3) is 0.667. The molecule has 0 aromatic heterocycles. The van der Waals surface area contributed by atoms with Crippen molar-refractivity contribution in [3.8, 4) is 5.75 Å². The second-order valence-electron chi connectivity index (χ2n) is 5.37. The molecule has 0 radical (unpaired) electrons. The van der Waals surface area contributed by atoms with E-state index >= 15 is 0 Å². The number of rotatable bonds is 12. The molecule has 114 valence electrons. The second-order valence-corrected chi connectivity index (χ2v) is 6.16. The molecule has 0 saturated carbocycles. The molecule has 0 spiro atoms. The first-order valence-electron chi connectivity index (χ1n) is 8.15. The number of unbranched alkanes of at least 4 members (excludes halogenated alkanes) is 6. The molecule has 0 aliphatic rings. The zero-order chi connectivity index (χ0) is 14.5. The first-order valence-corrected chi connectivity index (χ1v) is 9.27. The molecule has 0 atom stereocenters. The first kappa shape index (κ1) is 17.6. The van der Waals surface area contributed by atoms with Crippen LogP contribution in [0.4, 0.5) is 0 Å². The summed E-state index contributed by atoms with van der Waals surface area (Å²) in [4.78, 5) is 0. The first-order chi connectivity index (χ1) is 9.88. The minimum atomic E-state index is 0.847. The van der Waals surface area contributed by atoms with Crippen molar-refractivity contribution in [1.29, 1.82) is 0 Å². The van der Waals surface area contributed by atoms with Crippen LogP contribution in [0.2, 0.25) is 0 Å². The highest BCUT2D eigenvalue weighted by Gasteiger charge is 2.02. The Kier molecular flexibility index (Phi) is 10.8. The lowest BCUT2D eigenvalue weighted by Gasteiger charge is -2.11. The normalized spacial score (nSPS) is 10.7. The summed E-state index contributed by atoms with van der Waals surface area (Å²) in [5, 5.41) is 1.15. The summed E-state index contributed by atoms with van der Waals surface area (Å²) >= 11 is 3.48. The van der Waals surface area contributed by atoms with Crippen molar-refractivity contribution in [2.75, 3.05) is 11.9 Å². The van der Waals surface area contributed by atoms with Crippen LogP contribution in [0.1, 0.15) is 63.9 Å². The van der Waals surface area contributed by atoms with E-state index in [0.29, 0.717) is 0 Å². The SMILES string of the molecule is CCCCOc1ccccc1CCCCCCCCBr. The Balaban J connectivity index is 2.21. The summed E-state index contributed by atoms with van der Waals surface area (Å²) in [5.74, 6) is 1.10. The van der Waals surface area contributed by atoms with Crippen LogP contribution in [-0.2, 0) is 6.42 Å². The summed E-state index contributed by atoms with van der Waals surface area (Å²) in [7, 11) is 0. The third-order valence-corrected chi connectivity index (χ3v) is 4.12. The van der Waals surface area contributed by atoms with Gasteiger partial charge in [-0.15, -0.1) is 0 Å². The number of alkyl halides is 1. The van der Waals surface area contributed by atoms with Crippen molar-refractivity contribution in [2.45, 2.75) is 64.7 Å². The van der Waals surface area contributed by atoms with Gasteiger partial charge in [0.15, 0.2) is 0 Å². The summed E-state index contributed by atoms with van der Waals surface area (Å²) in [6.07, 6.45) is 11.5. The maximum Gasteiger partial charge on any atom is 0.122 e. The summed E-state index contributed by atoms with van der Waals surface area (Å²) in [6.45, 7) is 3.05. The number of halogens is 1. The molecule has 0 N–H and O–H groups in total. The molecule has 1 nitrogen and oxygen atoms in total. The predicted molar refractivity (Wildman–Crippen MR) is 92.0 cm³/mol. The fourth-order valence-electron chi connectivity index (χ4n) is 2.29. The molecule has 0 bridgehead atoms. The van der Waals surface area contributed by atoms with Gasteiger partial charge in [-0.05, 0) is 37.3 Å². The minimum Gasteiger partial charge on any atom is -0.493 e. The number of hydrogen-bond donors (Lipinski definition) is 0. The van der Waals surface area contributed by atoms with Crippen LogP contribution in [0, 0.1) is 0 Å². The van der Waals surface area contributed by atoms with Gasteiger partial charge in [0.1, 0.15) is 5.75 Å². The van der Waals surface area contributed by atoms with Gasteiger partial charge >= 0.3 is 0 Å². The fourth-order valence-corrected chi connectivity index (χ4v) is 2.69. The summed E-state index contributed by atoms with van der Waals surface area (Å²) in [6, 6.07) is 8.52. The van der Waals surface area contributed by atoms with E-state index in [2.05, 4.69) is 47.1 Å². The van der Waals surface area contributed by atoms with Gasteiger partial charge in [0, 0.05) is 5.33 Å². The molecule has 1 rings (SSSR count). The predicted octanol–water partition coefficient (Wildman–Crippen LogP) is 6.14. The van der Waals surface area contributed by atoms with Crippen molar-refractivity contribution in [3.63, 3.8) is 0 Å². The maximum atomic E-state index is 5.88. The van der Waals surface area contributed by atoms with E-state index in [1.54, 1.807) is 0 Å². The molecular formula is C18H29BrO. The van der Waals surface area contributed by atoms with Crippen LogP contribution in [0.3, 0.4) is 0 Å². The zero-order valence-corrected chi connectivity index (χ0v) is 14.5. The van der Waals surface area contributed by atoms with E-state index < -0.39 is 0 Å². The van der Waals surface area contributed by atoms with Gasteiger partial charge in [0.2, 0.25) is 0 Å². The summed E-state index contributed by atoms with van der Waals surface area (Å²) in [5.41, 5.74) is 1.38. The molecule has 0 aliphatic carbocycles. The van der Waals surface area contributed by atoms with Crippen molar-refractivity contribution < 1.29 is 4.74 Å². The number of benzene rings is 1. The van der Waals surface area contributed by atoms with Gasteiger partial charge in [0.25, 0.3) is 0 Å². The topological polar surface area (TPSA) is 9.23 Å². The standard InChI is InChI=1S/C18H29BrO/c1-2-3-16-20-18-14-10-9-13-17(18)12-8-6-4-5-7-11-15-19/h9-10,13-14H,2-8,11-12,15-16H2,1H3. The molecule has 1 aromatic rings. The number of aryl methyl sites for hydroxylation is 1. The third kappa shape index (κ3) is 7.94. The smallest absolute Gasteiger partial charge is 0.122 e. The molecule has 0 fully saturated rings. The second kappa shape index (κ2) is 12.3. The quantitative estimate of drug-likeness (QED) is 0.327. The average molecular weight is 341 g/mol. The Morgan fingerprint density at radius 3 is 2.35 bits per heavy atom. The van der Waals surface area contributed by atoms with Crippen LogP contribution in [-0.4, -0.2) is 11.9 Å². The van der Waals surface area contributed by atoms with Gasteiger partial charge in [-0.2, -0.15) is 0 Å². The molecule has 2 heteroatoms. The van der Waals surface area contributed by atoms with Crippen molar-refractivity contribution in [3.05, 3.63) is 29.8 Å². The van der Waals surface area contributed by atoms with Crippen LogP contribution < -0.4 is 4.74 Å². The minimum absolute atomic E-state index is 0.847. The molecule has 0 aliphatic heterocycles. The van der Waals surface area contributed by atoms with Crippen LogP contribution >= 0.6 is 15.9 Å². The third-order valence-electron chi connectivity index (χ3n) is 3.56. The van der Waals surface area contributed by atoms with Crippen molar-refractivity contribution in [2.24, 2.45) is 0 Å². The largest absolute Gasteiger partial charge is 0.493 e. The average Bonchev–Trinajstić information content (AvgIpc) is 2.48.